The van der Waals surface area contributed by atoms with E-state index in [-0.39, 0.29) is 16.8 Å². The molecule has 0 saturated carbocycles. The fraction of sp³-hybridized carbons (Fsp3) is 0.500. The van der Waals surface area contributed by atoms with Gasteiger partial charge in [-0.15, -0.1) is 11.8 Å². The summed E-state index contributed by atoms with van der Waals surface area (Å²) in [5.74, 6) is 0.958. The summed E-state index contributed by atoms with van der Waals surface area (Å²) >= 11 is 1.82. The minimum Gasteiger partial charge on any atom is -0.329 e. The lowest BCUT2D eigenvalue weighted by Crippen LogP contribution is -2.35. The van der Waals surface area contributed by atoms with Crippen LogP contribution in [0.1, 0.15) is 30.1 Å². The molecule has 5 heteroatoms. The number of amides is 1. The van der Waals surface area contributed by atoms with Gasteiger partial charge in [0.25, 0.3) is 5.91 Å². The Hall–Kier alpha value is -1.23. The van der Waals surface area contributed by atoms with Gasteiger partial charge in [0.2, 0.25) is 5.56 Å². The Morgan fingerprint density at radius 2 is 2.47 bits per heavy atom. The maximum atomic E-state index is 12.2. The minimum absolute atomic E-state index is 0.0282. The van der Waals surface area contributed by atoms with Crippen LogP contribution >= 0.6 is 11.8 Å². The van der Waals surface area contributed by atoms with Crippen molar-refractivity contribution in [3.05, 3.63) is 34.2 Å². The van der Waals surface area contributed by atoms with Gasteiger partial charge in [-0.1, -0.05) is 13.3 Å². The molecule has 1 atom stereocenters. The molecule has 1 unspecified atom stereocenters. The predicted octanol–water partition coefficient (Wildman–Crippen LogP) is 1.69. The molecule has 0 radical (unpaired) electrons. The monoisotopic (exact) mass is 252 g/mol. The molecule has 1 aromatic rings. The van der Waals surface area contributed by atoms with Crippen molar-refractivity contribution < 1.29 is 4.79 Å². The molecule has 1 aromatic heterocycles. The molecule has 1 aliphatic heterocycles. The predicted molar refractivity (Wildman–Crippen MR) is 69.3 cm³/mol. The summed E-state index contributed by atoms with van der Waals surface area (Å²) in [5.41, 5.74) is 0.257. The van der Waals surface area contributed by atoms with Gasteiger partial charge in [0.05, 0.1) is 5.37 Å². The smallest absolute Gasteiger partial charge is 0.255 e. The van der Waals surface area contributed by atoms with Gasteiger partial charge >= 0.3 is 0 Å². The molecule has 17 heavy (non-hydrogen) atoms. The van der Waals surface area contributed by atoms with E-state index in [9.17, 15) is 9.59 Å². The first kappa shape index (κ1) is 12.2. The normalized spacial score (nSPS) is 19.6. The zero-order chi connectivity index (χ0) is 12.3. The molecule has 1 saturated heterocycles. The fourth-order valence-corrected chi connectivity index (χ4v) is 3.34. The third-order valence-electron chi connectivity index (χ3n) is 2.81. The van der Waals surface area contributed by atoms with E-state index >= 15 is 0 Å². The molecule has 1 amide bonds. The highest BCUT2D eigenvalue weighted by Gasteiger charge is 2.29. The van der Waals surface area contributed by atoms with Gasteiger partial charge in [-0.3, -0.25) is 9.59 Å². The van der Waals surface area contributed by atoms with Crippen LogP contribution < -0.4 is 5.56 Å². The minimum atomic E-state index is -0.227. The van der Waals surface area contributed by atoms with E-state index in [2.05, 4.69) is 11.9 Å². The van der Waals surface area contributed by atoms with E-state index in [1.54, 1.807) is 6.07 Å². The zero-order valence-corrected chi connectivity index (χ0v) is 10.6. The van der Waals surface area contributed by atoms with Crippen LogP contribution in [-0.4, -0.2) is 33.5 Å². The quantitative estimate of drug-likeness (QED) is 0.890. The number of aromatic amines is 1. The second kappa shape index (κ2) is 5.40. The average Bonchev–Trinajstić information content (AvgIpc) is 2.77. The van der Waals surface area contributed by atoms with E-state index in [0.29, 0.717) is 5.56 Å². The van der Waals surface area contributed by atoms with Crippen LogP contribution in [0.5, 0.6) is 0 Å². The first-order valence-electron chi connectivity index (χ1n) is 5.83. The summed E-state index contributed by atoms with van der Waals surface area (Å²) in [6.45, 7) is 2.90. The molecule has 1 N–H and O–H groups in total. The van der Waals surface area contributed by atoms with Crippen molar-refractivity contribution in [2.24, 2.45) is 0 Å². The largest absolute Gasteiger partial charge is 0.329 e. The maximum absolute atomic E-state index is 12.2. The summed E-state index contributed by atoms with van der Waals surface area (Å²) < 4.78 is 0. The third kappa shape index (κ3) is 2.72. The SMILES string of the molecule is CCCC1SCCN1C(=O)c1cc[nH]c(=O)c1. The fourth-order valence-electron chi connectivity index (χ4n) is 1.98. The number of thioether (sulfide) groups is 1. The highest BCUT2D eigenvalue weighted by molar-refractivity contribution is 8.00. The number of hydrogen-bond donors (Lipinski definition) is 1. The second-order valence-electron chi connectivity index (χ2n) is 4.05. The first-order valence-corrected chi connectivity index (χ1v) is 6.88. The molecule has 0 spiro atoms. The van der Waals surface area contributed by atoms with Crippen LogP contribution in [0, 0.1) is 0 Å². The Labute approximate surface area is 104 Å². The van der Waals surface area contributed by atoms with E-state index < -0.39 is 0 Å². The number of H-pyrrole nitrogens is 1. The van der Waals surface area contributed by atoms with Crippen molar-refractivity contribution in [2.75, 3.05) is 12.3 Å². The molecule has 1 aliphatic rings. The third-order valence-corrected chi connectivity index (χ3v) is 4.10. The van der Waals surface area contributed by atoms with Crippen molar-refractivity contribution in [3.63, 3.8) is 0 Å². The van der Waals surface area contributed by atoms with Gasteiger partial charge in [-0.2, -0.15) is 0 Å². The molecule has 0 bridgehead atoms. The Balaban J connectivity index is 2.16. The molecule has 92 valence electrons. The standard InChI is InChI=1S/C12H16N2O2S/c1-2-3-11-14(6-7-17-11)12(16)9-4-5-13-10(15)8-9/h4-5,8,11H,2-3,6-7H2,1H3,(H,13,15). The molecule has 2 rings (SSSR count). The highest BCUT2D eigenvalue weighted by atomic mass is 32.2. The summed E-state index contributed by atoms with van der Waals surface area (Å²) in [7, 11) is 0. The number of nitrogens with zero attached hydrogens (tertiary/aromatic N) is 1. The summed E-state index contributed by atoms with van der Waals surface area (Å²) in [6, 6.07) is 3.03. The van der Waals surface area contributed by atoms with E-state index in [1.165, 1.54) is 12.3 Å². The van der Waals surface area contributed by atoms with Crippen LogP contribution in [0.4, 0.5) is 0 Å². The Morgan fingerprint density at radius 1 is 1.65 bits per heavy atom. The molecule has 0 aromatic carbocycles. The molecule has 1 fully saturated rings. The van der Waals surface area contributed by atoms with Crippen LogP contribution in [-0.2, 0) is 0 Å². The number of carbonyl (C=O) groups is 1. The molecule has 0 aliphatic carbocycles. The van der Waals surface area contributed by atoms with Crippen molar-refractivity contribution in [1.82, 2.24) is 9.88 Å². The number of hydrogen-bond acceptors (Lipinski definition) is 3. The van der Waals surface area contributed by atoms with Crippen molar-refractivity contribution >= 4 is 17.7 Å². The number of rotatable bonds is 3. The Bertz CT molecular complexity index is 458. The van der Waals surface area contributed by atoms with Crippen molar-refractivity contribution in [2.45, 2.75) is 25.1 Å². The zero-order valence-electron chi connectivity index (χ0n) is 9.81. The number of nitrogens with one attached hydrogen (secondary N) is 1. The van der Waals surface area contributed by atoms with Gasteiger partial charge in [0.15, 0.2) is 0 Å². The van der Waals surface area contributed by atoms with Gasteiger partial charge in [-0.05, 0) is 12.5 Å². The van der Waals surface area contributed by atoms with E-state index in [1.807, 2.05) is 16.7 Å². The lowest BCUT2D eigenvalue weighted by Gasteiger charge is -2.23. The van der Waals surface area contributed by atoms with Crippen molar-refractivity contribution in [1.29, 1.82) is 0 Å². The number of carbonyl (C=O) groups excluding carboxylic acids is 1. The van der Waals surface area contributed by atoms with E-state index in [0.717, 1.165) is 25.1 Å². The molecular weight excluding hydrogens is 236 g/mol. The summed E-state index contributed by atoms with van der Waals surface area (Å²) in [6.07, 6.45) is 3.60. The Kier molecular flexibility index (Phi) is 3.89. The lowest BCUT2D eigenvalue weighted by molar-refractivity contribution is 0.0756. The average molecular weight is 252 g/mol. The highest BCUT2D eigenvalue weighted by Crippen LogP contribution is 2.28. The van der Waals surface area contributed by atoms with Crippen LogP contribution in [0.3, 0.4) is 0 Å². The number of aromatic nitrogens is 1. The molecule has 4 nitrogen and oxygen atoms in total. The van der Waals surface area contributed by atoms with Gasteiger partial charge in [0, 0.05) is 30.1 Å². The molecule has 2 heterocycles. The van der Waals surface area contributed by atoms with Gasteiger partial charge in [-0.25, -0.2) is 0 Å². The second-order valence-corrected chi connectivity index (χ2v) is 5.34. The topological polar surface area (TPSA) is 53.2 Å². The summed E-state index contributed by atoms with van der Waals surface area (Å²) in [5, 5.41) is 0.270. The van der Waals surface area contributed by atoms with Gasteiger partial charge < -0.3 is 9.88 Å². The van der Waals surface area contributed by atoms with Crippen LogP contribution in [0.15, 0.2) is 23.1 Å². The maximum Gasteiger partial charge on any atom is 0.255 e. The van der Waals surface area contributed by atoms with Gasteiger partial charge in [0.1, 0.15) is 0 Å². The van der Waals surface area contributed by atoms with Crippen LogP contribution in [0.25, 0.3) is 0 Å². The first-order chi connectivity index (χ1) is 8.22. The molecular formula is C12H16N2O2S. The van der Waals surface area contributed by atoms with Crippen LogP contribution in [0.2, 0.25) is 0 Å². The number of pyridine rings is 1. The lowest BCUT2D eigenvalue weighted by atomic mass is 10.2. The van der Waals surface area contributed by atoms with E-state index in [4.69, 9.17) is 0 Å². The Morgan fingerprint density at radius 3 is 3.18 bits per heavy atom. The summed E-state index contributed by atoms with van der Waals surface area (Å²) in [4.78, 5) is 27.8. The van der Waals surface area contributed by atoms with Crippen molar-refractivity contribution in [3.8, 4) is 0 Å².